The summed E-state index contributed by atoms with van der Waals surface area (Å²) in [6.07, 6.45) is 1.92. The Bertz CT molecular complexity index is 572. The zero-order chi connectivity index (χ0) is 16.3. The third-order valence-electron chi connectivity index (χ3n) is 4.29. The van der Waals surface area contributed by atoms with Gasteiger partial charge in [-0.3, -0.25) is 0 Å². The lowest BCUT2D eigenvalue weighted by molar-refractivity contribution is -0.138. The van der Waals surface area contributed by atoms with Crippen molar-refractivity contribution in [3.05, 3.63) is 33.8 Å². The number of hydrogen-bond donors (Lipinski definition) is 0. The van der Waals surface area contributed by atoms with Gasteiger partial charge >= 0.3 is 5.97 Å². The van der Waals surface area contributed by atoms with Crippen LogP contribution in [0.2, 0.25) is 0 Å². The van der Waals surface area contributed by atoms with Crippen LogP contribution in [0.1, 0.15) is 33.3 Å². The first-order valence-corrected chi connectivity index (χ1v) is 8.61. The average Bonchev–Trinajstić information content (AvgIpc) is 2.78. The molecule has 0 aromatic heterocycles. The maximum absolute atomic E-state index is 11.9. The second-order valence-corrected chi connectivity index (χ2v) is 7.03. The molecule has 1 aliphatic heterocycles. The summed E-state index contributed by atoms with van der Waals surface area (Å²) >= 11 is 3.52. The Morgan fingerprint density at radius 3 is 2.59 bits per heavy atom. The Hall–Kier alpha value is -1.29. The van der Waals surface area contributed by atoms with Gasteiger partial charge in [-0.2, -0.15) is 0 Å². The molecule has 0 N–H and O–H groups in total. The van der Waals surface area contributed by atoms with E-state index in [9.17, 15) is 4.79 Å². The van der Waals surface area contributed by atoms with E-state index in [0.29, 0.717) is 24.0 Å². The summed E-state index contributed by atoms with van der Waals surface area (Å²) in [5.41, 5.74) is 2.87. The van der Waals surface area contributed by atoms with Crippen LogP contribution in [-0.2, 0) is 9.53 Å². The van der Waals surface area contributed by atoms with Crippen molar-refractivity contribution in [1.29, 1.82) is 0 Å². The van der Waals surface area contributed by atoms with Crippen LogP contribution in [0.3, 0.4) is 0 Å². The van der Waals surface area contributed by atoms with Gasteiger partial charge in [0.05, 0.1) is 6.61 Å². The molecule has 0 bridgehead atoms. The first-order valence-electron chi connectivity index (χ1n) is 7.82. The number of ether oxygens (including phenoxy) is 1. The lowest BCUT2D eigenvalue weighted by Gasteiger charge is -2.21. The number of benzene rings is 1. The molecule has 2 unspecified atom stereocenters. The van der Waals surface area contributed by atoms with Crippen molar-refractivity contribution >= 4 is 33.7 Å². The van der Waals surface area contributed by atoms with Gasteiger partial charge in [0.2, 0.25) is 0 Å². The third kappa shape index (κ3) is 3.92. The number of rotatable bonds is 4. The van der Waals surface area contributed by atoms with E-state index < -0.39 is 0 Å². The number of carbonyl (C=O) groups excluding carboxylic acids is 1. The lowest BCUT2D eigenvalue weighted by atomic mass is 10.0. The van der Waals surface area contributed by atoms with Crippen molar-refractivity contribution in [2.45, 2.75) is 27.7 Å². The number of anilines is 1. The molecule has 1 saturated heterocycles. The van der Waals surface area contributed by atoms with E-state index >= 15 is 0 Å². The number of carbonyl (C=O) groups is 1. The Morgan fingerprint density at radius 1 is 1.36 bits per heavy atom. The number of nitrogens with zero attached hydrogens (tertiary/aromatic N) is 1. The average molecular weight is 366 g/mol. The summed E-state index contributed by atoms with van der Waals surface area (Å²) in [6, 6.07) is 6.24. The van der Waals surface area contributed by atoms with E-state index in [2.05, 4.69) is 52.9 Å². The predicted molar refractivity (Wildman–Crippen MR) is 95.0 cm³/mol. The molecule has 0 amide bonds. The smallest absolute Gasteiger partial charge is 0.333 e. The summed E-state index contributed by atoms with van der Waals surface area (Å²) < 4.78 is 6.09. The van der Waals surface area contributed by atoms with E-state index in [-0.39, 0.29) is 5.97 Å². The van der Waals surface area contributed by atoms with Crippen LogP contribution >= 0.6 is 15.9 Å². The summed E-state index contributed by atoms with van der Waals surface area (Å²) in [6.45, 7) is 10.7. The lowest BCUT2D eigenvalue weighted by Crippen LogP contribution is -2.20. The molecule has 1 aliphatic rings. The quantitative estimate of drug-likeness (QED) is 0.580. The number of esters is 1. The molecule has 120 valence electrons. The van der Waals surface area contributed by atoms with E-state index in [1.54, 1.807) is 6.92 Å². The second-order valence-electron chi connectivity index (χ2n) is 6.11. The maximum Gasteiger partial charge on any atom is 0.333 e. The molecular formula is C18H24BrNO2. The Labute approximate surface area is 141 Å². The number of hydrogen-bond acceptors (Lipinski definition) is 3. The Balaban J connectivity index is 2.33. The largest absolute Gasteiger partial charge is 0.463 e. The normalized spacial score (nSPS) is 22.0. The van der Waals surface area contributed by atoms with Crippen LogP contribution in [0.25, 0.3) is 6.08 Å². The first-order chi connectivity index (χ1) is 10.4. The van der Waals surface area contributed by atoms with Gasteiger partial charge in [-0.25, -0.2) is 4.79 Å². The SMILES string of the molecule is CCOC(=O)/C(C)=C/c1cc(Br)ccc1N1CC(C)C(C)C1. The van der Waals surface area contributed by atoms with Gasteiger partial charge in [-0.05, 0) is 55.5 Å². The fourth-order valence-corrected chi connectivity index (χ4v) is 3.17. The van der Waals surface area contributed by atoms with E-state index in [0.717, 1.165) is 23.1 Å². The van der Waals surface area contributed by atoms with Crippen molar-refractivity contribution in [3.8, 4) is 0 Å². The topological polar surface area (TPSA) is 29.5 Å². The van der Waals surface area contributed by atoms with E-state index in [4.69, 9.17) is 4.74 Å². The van der Waals surface area contributed by atoms with E-state index in [1.807, 2.05) is 13.0 Å². The summed E-state index contributed by atoms with van der Waals surface area (Å²) in [5.74, 6) is 1.12. The minimum absolute atomic E-state index is 0.253. The van der Waals surface area contributed by atoms with E-state index in [1.165, 1.54) is 5.69 Å². The highest BCUT2D eigenvalue weighted by Crippen LogP contribution is 2.33. The zero-order valence-corrected chi connectivity index (χ0v) is 15.3. The zero-order valence-electron chi connectivity index (χ0n) is 13.7. The van der Waals surface area contributed by atoms with Crippen LogP contribution < -0.4 is 4.90 Å². The van der Waals surface area contributed by atoms with Crippen LogP contribution in [0.15, 0.2) is 28.2 Å². The van der Waals surface area contributed by atoms with Gasteiger partial charge in [0.25, 0.3) is 0 Å². The molecule has 0 aliphatic carbocycles. The van der Waals surface area contributed by atoms with Gasteiger partial charge in [0.15, 0.2) is 0 Å². The van der Waals surface area contributed by atoms with Crippen LogP contribution in [0, 0.1) is 11.8 Å². The molecule has 2 rings (SSSR count). The van der Waals surface area contributed by atoms with Crippen LogP contribution in [0.4, 0.5) is 5.69 Å². The minimum Gasteiger partial charge on any atom is -0.463 e. The Kier molecular flexibility index (Phi) is 5.68. The molecule has 4 heteroatoms. The summed E-state index contributed by atoms with van der Waals surface area (Å²) in [4.78, 5) is 14.3. The maximum atomic E-state index is 11.9. The molecule has 1 aromatic carbocycles. The van der Waals surface area contributed by atoms with Gasteiger partial charge in [0, 0.05) is 28.8 Å². The van der Waals surface area contributed by atoms with Crippen molar-refractivity contribution < 1.29 is 9.53 Å². The highest BCUT2D eigenvalue weighted by atomic mass is 79.9. The minimum atomic E-state index is -0.253. The third-order valence-corrected chi connectivity index (χ3v) is 4.78. The van der Waals surface area contributed by atoms with Crippen molar-refractivity contribution in [3.63, 3.8) is 0 Å². The molecule has 1 aromatic rings. The summed E-state index contributed by atoms with van der Waals surface area (Å²) in [7, 11) is 0. The highest BCUT2D eigenvalue weighted by Gasteiger charge is 2.27. The molecule has 2 atom stereocenters. The molecule has 1 heterocycles. The Morgan fingerprint density at radius 2 is 2.00 bits per heavy atom. The number of halogens is 1. The van der Waals surface area contributed by atoms with Crippen molar-refractivity contribution in [2.24, 2.45) is 11.8 Å². The molecule has 0 spiro atoms. The molecule has 0 radical (unpaired) electrons. The molecule has 3 nitrogen and oxygen atoms in total. The van der Waals surface area contributed by atoms with Gasteiger partial charge < -0.3 is 9.64 Å². The molecule has 22 heavy (non-hydrogen) atoms. The predicted octanol–water partition coefficient (Wildman–Crippen LogP) is 4.51. The van der Waals surface area contributed by atoms with Crippen LogP contribution in [-0.4, -0.2) is 25.7 Å². The molecule has 1 fully saturated rings. The summed E-state index contributed by atoms with van der Waals surface area (Å²) in [5, 5.41) is 0. The van der Waals surface area contributed by atoms with Gasteiger partial charge in [0.1, 0.15) is 0 Å². The van der Waals surface area contributed by atoms with Crippen LogP contribution in [0.5, 0.6) is 0 Å². The molecular weight excluding hydrogens is 342 g/mol. The van der Waals surface area contributed by atoms with Gasteiger partial charge in [-0.15, -0.1) is 0 Å². The van der Waals surface area contributed by atoms with Crippen molar-refractivity contribution in [1.82, 2.24) is 0 Å². The standard InChI is InChI=1S/C18H24BrNO2/c1-5-22-18(21)12(2)8-15-9-16(19)6-7-17(15)20-10-13(3)14(4)11-20/h6-9,13-14H,5,10-11H2,1-4H3/b12-8+. The monoisotopic (exact) mass is 365 g/mol. The van der Waals surface area contributed by atoms with Gasteiger partial charge in [-0.1, -0.05) is 29.8 Å². The fraction of sp³-hybridized carbons (Fsp3) is 0.500. The highest BCUT2D eigenvalue weighted by molar-refractivity contribution is 9.10. The first kappa shape index (κ1) is 17.1. The molecule has 0 saturated carbocycles. The van der Waals surface area contributed by atoms with Crippen molar-refractivity contribution in [2.75, 3.05) is 24.6 Å². The fourth-order valence-electron chi connectivity index (χ4n) is 2.79. The second kappa shape index (κ2) is 7.32.